The number of aromatic amines is 1. The van der Waals surface area contributed by atoms with E-state index in [1.165, 1.54) is 24.3 Å². The Balaban J connectivity index is 0.000000170. The van der Waals surface area contributed by atoms with Gasteiger partial charge < -0.3 is 9.76 Å². The molecule has 4 aromatic rings. The Bertz CT molecular complexity index is 1120. The number of nitrogens with one attached hydrogen (secondary N) is 1. The number of aromatic nitrogens is 2. The van der Waals surface area contributed by atoms with E-state index in [0.29, 0.717) is 5.82 Å². The molecule has 0 fully saturated rings. The Morgan fingerprint density at radius 1 is 0.885 bits per heavy atom. The molecule has 0 amide bonds. The highest BCUT2D eigenvalue weighted by molar-refractivity contribution is 7.85. The fourth-order valence-corrected chi connectivity index (χ4v) is 3.04. The summed E-state index contributed by atoms with van der Waals surface area (Å²) in [5, 5.41) is 11.9. The number of benzene rings is 3. The van der Waals surface area contributed by atoms with Crippen LogP contribution in [0.25, 0.3) is 22.2 Å². The fourth-order valence-electron chi connectivity index (χ4n) is 2.55. The van der Waals surface area contributed by atoms with Crippen molar-refractivity contribution in [1.82, 2.24) is 4.98 Å². The average Bonchev–Trinajstić information content (AvgIpc) is 3.08. The molecule has 2 N–H and O–H groups in total. The highest BCUT2D eigenvalue weighted by Gasteiger charge is 2.14. The lowest BCUT2D eigenvalue weighted by Crippen LogP contribution is -2.29. The average molecular weight is 368 g/mol. The Hall–Kier alpha value is -3.16. The number of hydrogen-bond acceptors (Lipinski definition) is 4. The summed E-state index contributed by atoms with van der Waals surface area (Å²) in [6.07, 6.45) is 3.29. The van der Waals surface area contributed by atoms with E-state index in [1.54, 1.807) is 18.5 Å². The summed E-state index contributed by atoms with van der Waals surface area (Å²) in [6.45, 7) is 0. The van der Waals surface area contributed by atoms with E-state index in [0.717, 1.165) is 21.1 Å². The zero-order valence-electron chi connectivity index (χ0n) is 13.6. The van der Waals surface area contributed by atoms with Crippen LogP contribution in [0.4, 0.5) is 0 Å². The Morgan fingerprint density at radius 2 is 1.54 bits per heavy atom. The summed E-state index contributed by atoms with van der Waals surface area (Å²) in [5.41, 5.74) is 0.991. The molecule has 0 unspecified atom stereocenters. The quantitative estimate of drug-likeness (QED) is 0.323. The van der Waals surface area contributed by atoms with Crippen LogP contribution in [-0.4, -0.2) is 23.2 Å². The highest BCUT2D eigenvalue weighted by atomic mass is 32.2. The van der Waals surface area contributed by atoms with Gasteiger partial charge in [-0.2, -0.15) is 0 Å². The van der Waals surface area contributed by atoms with E-state index < -0.39 is 10.1 Å². The van der Waals surface area contributed by atoms with E-state index in [1.807, 2.05) is 30.3 Å². The van der Waals surface area contributed by atoms with Crippen molar-refractivity contribution < 1.29 is 22.9 Å². The third-order valence-electron chi connectivity index (χ3n) is 3.74. The molecule has 1 aromatic heterocycles. The second-order valence-corrected chi connectivity index (χ2v) is 6.83. The lowest BCUT2D eigenvalue weighted by atomic mass is 10.0. The molecule has 0 spiro atoms. The SMILES string of the molecule is O=S(=O)([O-])c1ccccc1.O[n+]1cc[nH]c1-c1cccc2ccccc12. The minimum absolute atomic E-state index is 0.185. The van der Waals surface area contributed by atoms with Gasteiger partial charge in [-0.15, -0.1) is 0 Å². The third-order valence-corrected chi connectivity index (χ3v) is 4.59. The second-order valence-electron chi connectivity index (χ2n) is 5.45. The monoisotopic (exact) mass is 368 g/mol. The molecule has 0 saturated heterocycles. The van der Waals surface area contributed by atoms with Crippen LogP contribution in [0.1, 0.15) is 0 Å². The van der Waals surface area contributed by atoms with Gasteiger partial charge in [0, 0.05) is 0 Å². The van der Waals surface area contributed by atoms with Crippen molar-refractivity contribution in [3.05, 3.63) is 85.2 Å². The van der Waals surface area contributed by atoms with Crippen LogP contribution >= 0.6 is 0 Å². The fraction of sp³-hybridized carbons (Fsp3) is 0. The maximum atomic E-state index is 10.3. The smallest absolute Gasteiger partial charge is 0.326 e. The molecular formula is C19H16N2O4S. The molecule has 6 nitrogen and oxygen atoms in total. The maximum Gasteiger partial charge on any atom is 0.326 e. The Morgan fingerprint density at radius 3 is 2.15 bits per heavy atom. The number of H-pyrrole nitrogens is 1. The van der Waals surface area contributed by atoms with Gasteiger partial charge in [0.1, 0.15) is 16.3 Å². The third kappa shape index (κ3) is 3.90. The maximum absolute atomic E-state index is 10.3. The van der Waals surface area contributed by atoms with Crippen molar-refractivity contribution in [1.29, 1.82) is 0 Å². The van der Waals surface area contributed by atoms with Crippen molar-refractivity contribution in [2.75, 3.05) is 0 Å². The molecular weight excluding hydrogens is 352 g/mol. The van der Waals surface area contributed by atoms with Crippen LogP contribution in [-0.2, 0) is 10.1 Å². The second kappa shape index (κ2) is 7.38. The van der Waals surface area contributed by atoms with Gasteiger partial charge in [-0.25, -0.2) is 13.4 Å². The lowest BCUT2D eigenvalue weighted by Gasteiger charge is -2.04. The lowest BCUT2D eigenvalue weighted by molar-refractivity contribution is -0.895. The molecule has 132 valence electrons. The molecule has 0 aliphatic heterocycles. The van der Waals surface area contributed by atoms with Gasteiger partial charge in [-0.3, -0.25) is 0 Å². The first kappa shape index (κ1) is 17.7. The molecule has 0 atom stereocenters. The molecule has 4 rings (SSSR count). The van der Waals surface area contributed by atoms with Gasteiger partial charge in [0.25, 0.3) is 0 Å². The van der Waals surface area contributed by atoms with Gasteiger partial charge in [-0.1, -0.05) is 54.6 Å². The van der Waals surface area contributed by atoms with Gasteiger partial charge >= 0.3 is 5.82 Å². The number of imidazole rings is 1. The predicted molar refractivity (Wildman–Crippen MR) is 95.5 cm³/mol. The first-order valence-electron chi connectivity index (χ1n) is 7.74. The molecule has 0 radical (unpaired) electrons. The van der Waals surface area contributed by atoms with E-state index in [4.69, 9.17) is 0 Å². The van der Waals surface area contributed by atoms with Crippen molar-refractivity contribution in [2.45, 2.75) is 4.90 Å². The largest absolute Gasteiger partial charge is 0.744 e. The summed E-state index contributed by atoms with van der Waals surface area (Å²) in [6, 6.07) is 21.3. The van der Waals surface area contributed by atoms with Crippen molar-refractivity contribution in [2.24, 2.45) is 0 Å². The van der Waals surface area contributed by atoms with Gasteiger partial charge in [-0.05, 0) is 33.7 Å². The molecule has 0 aliphatic rings. The van der Waals surface area contributed by atoms with Crippen LogP contribution in [0.5, 0.6) is 0 Å². The molecule has 0 aliphatic carbocycles. The van der Waals surface area contributed by atoms with Crippen LogP contribution in [0.3, 0.4) is 0 Å². The molecule has 26 heavy (non-hydrogen) atoms. The standard InChI is InChI=1S/C13H10N2O.C6H6O3S/c16-15-9-8-14-13(15)12-7-3-5-10-4-1-2-6-11(10)12;7-10(8,9)6-4-2-1-3-5-6/h1-9,16H;1-5H,(H,7,8,9). The Kier molecular flexibility index (Phi) is 5.01. The summed E-state index contributed by atoms with van der Waals surface area (Å²) in [5.74, 6) is 0.691. The number of fused-ring (bicyclic) bond motifs is 1. The highest BCUT2D eigenvalue weighted by Crippen LogP contribution is 2.24. The summed E-state index contributed by atoms with van der Waals surface area (Å²) in [4.78, 5) is 2.84. The van der Waals surface area contributed by atoms with E-state index in [-0.39, 0.29) is 4.90 Å². The van der Waals surface area contributed by atoms with Gasteiger partial charge in [0.15, 0.2) is 6.20 Å². The number of rotatable bonds is 2. The summed E-state index contributed by atoms with van der Waals surface area (Å²) >= 11 is 0. The Labute approximate surface area is 150 Å². The van der Waals surface area contributed by atoms with Crippen LogP contribution < -0.4 is 4.73 Å². The first-order valence-corrected chi connectivity index (χ1v) is 9.15. The minimum atomic E-state index is -4.25. The van der Waals surface area contributed by atoms with Gasteiger partial charge in [0.2, 0.25) is 0 Å². The van der Waals surface area contributed by atoms with Crippen LogP contribution in [0.2, 0.25) is 0 Å². The zero-order chi connectivity index (χ0) is 18.6. The van der Waals surface area contributed by atoms with E-state index >= 15 is 0 Å². The molecule has 0 bridgehead atoms. The topological polar surface area (TPSA) is 97.1 Å². The zero-order valence-corrected chi connectivity index (χ0v) is 14.4. The van der Waals surface area contributed by atoms with Gasteiger partial charge in [0.05, 0.1) is 10.5 Å². The molecule has 3 aromatic carbocycles. The van der Waals surface area contributed by atoms with E-state index in [9.17, 15) is 18.2 Å². The normalized spacial score (nSPS) is 11.0. The van der Waals surface area contributed by atoms with Crippen LogP contribution in [0, 0.1) is 0 Å². The van der Waals surface area contributed by atoms with Crippen LogP contribution in [0.15, 0.2) is 90.1 Å². The van der Waals surface area contributed by atoms with Crippen molar-refractivity contribution in [3.63, 3.8) is 0 Å². The minimum Gasteiger partial charge on any atom is -0.744 e. The molecule has 0 saturated carbocycles. The predicted octanol–water partition coefficient (Wildman–Crippen LogP) is 2.95. The molecule has 1 heterocycles. The van der Waals surface area contributed by atoms with Crippen molar-refractivity contribution in [3.8, 4) is 11.4 Å². The first-order chi connectivity index (χ1) is 12.5. The summed E-state index contributed by atoms with van der Waals surface area (Å²) < 4.78 is 31.9. The summed E-state index contributed by atoms with van der Waals surface area (Å²) in [7, 11) is -4.25. The number of hydrogen-bond donors (Lipinski definition) is 2. The van der Waals surface area contributed by atoms with Crippen molar-refractivity contribution >= 4 is 20.9 Å². The van der Waals surface area contributed by atoms with E-state index in [2.05, 4.69) is 17.1 Å². The molecule has 7 heteroatoms. The number of nitrogens with zero attached hydrogens (tertiary/aromatic N) is 1.